The Morgan fingerprint density at radius 1 is 0.789 bits per heavy atom. The van der Waals surface area contributed by atoms with E-state index in [0.29, 0.717) is 0 Å². The first kappa shape index (κ1) is 13.5. The van der Waals surface area contributed by atoms with Crippen LogP contribution in [-0.2, 0) is 12.8 Å². The molecule has 0 fully saturated rings. The van der Waals surface area contributed by atoms with Crippen LogP contribution in [0.1, 0.15) is 11.1 Å². The third kappa shape index (κ3) is 4.02. The lowest BCUT2D eigenvalue weighted by molar-refractivity contribution is 0.414. The molecule has 0 aliphatic carbocycles. The summed E-state index contributed by atoms with van der Waals surface area (Å²) in [7, 11) is 3.39. The van der Waals surface area contributed by atoms with Gasteiger partial charge in [-0.05, 0) is 54.7 Å². The van der Waals surface area contributed by atoms with Crippen LogP contribution in [0, 0.1) is 6.42 Å². The number of rotatable bonds is 6. The standard InChI is InChI=1S/C17H19O2/c1-18-16-10-4-8-14(12-16)6-3-7-15-9-5-11-17(13-15)19-2/h3-5,8-13H,6-7H2,1-2H3. The van der Waals surface area contributed by atoms with Crippen LogP contribution in [0.4, 0.5) is 0 Å². The zero-order chi connectivity index (χ0) is 13.5. The van der Waals surface area contributed by atoms with Crippen molar-refractivity contribution in [3.63, 3.8) is 0 Å². The minimum atomic E-state index is 0.910. The molecule has 0 heterocycles. The number of hydrogen-bond acceptors (Lipinski definition) is 2. The minimum Gasteiger partial charge on any atom is -0.497 e. The van der Waals surface area contributed by atoms with E-state index < -0.39 is 0 Å². The molecule has 0 saturated heterocycles. The molecule has 2 nitrogen and oxygen atoms in total. The third-order valence-electron chi connectivity index (χ3n) is 3.03. The number of methoxy groups -OCH3 is 2. The Hall–Kier alpha value is -1.96. The summed E-state index contributed by atoms with van der Waals surface area (Å²) in [5, 5.41) is 0. The number of ether oxygens (including phenoxy) is 2. The van der Waals surface area contributed by atoms with Gasteiger partial charge in [0.2, 0.25) is 0 Å². The van der Waals surface area contributed by atoms with Crippen molar-refractivity contribution in [3.05, 3.63) is 66.1 Å². The van der Waals surface area contributed by atoms with Crippen LogP contribution < -0.4 is 9.47 Å². The van der Waals surface area contributed by atoms with E-state index in [0.717, 1.165) is 24.3 Å². The Balaban J connectivity index is 1.88. The van der Waals surface area contributed by atoms with Gasteiger partial charge < -0.3 is 9.47 Å². The Morgan fingerprint density at radius 2 is 1.26 bits per heavy atom. The van der Waals surface area contributed by atoms with Gasteiger partial charge in [0.25, 0.3) is 0 Å². The summed E-state index contributed by atoms with van der Waals surface area (Å²) in [6.07, 6.45) is 4.15. The van der Waals surface area contributed by atoms with Crippen molar-refractivity contribution in [2.75, 3.05) is 14.2 Å². The molecule has 0 amide bonds. The van der Waals surface area contributed by atoms with Gasteiger partial charge in [-0.15, -0.1) is 0 Å². The van der Waals surface area contributed by atoms with Crippen molar-refractivity contribution in [2.45, 2.75) is 12.8 Å². The molecule has 0 saturated carbocycles. The Kier molecular flexibility index (Phi) is 4.85. The van der Waals surface area contributed by atoms with Crippen LogP contribution >= 0.6 is 0 Å². The second-order valence-electron chi connectivity index (χ2n) is 4.40. The summed E-state index contributed by atoms with van der Waals surface area (Å²) in [5.41, 5.74) is 2.53. The van der Waals surface area contributed by atoms with Gasteiger partial charge in [0, 0.05) is 0 Å². The smallest absolute Gasteiger partial charge is 0.119 e. The van der Waals surface area contributed by atoms with Crippen LogP contribution in [0.2, 0.25) is 0 Å². The van der Waals surface area contributed by atoms with Crippen LogP contribution in [0.15, 0.2) is 48.5 Å². The fraction of sp³-hybridized carbons (Fsp3) is 0.235. The lowest BCUT2D eigenvalue weighted by Crippen LogP contribution is -1.93. The molecule has 0 aromatic heterocycles. The van der Waals surface area contributed by atoms with Crippen molar-refractivity contribution < 1.29 is 9.47 Å². The SMILES string of the molecule is COc1cccc(C[CH]Cc2cccc(OC)c2)c1. The van der Waals surface area contributed by atoms with Crippen molar-refractivity contribution >= 4 is 0 Å². The molecule has 0 spiro atoms. The first-order valence-electron chi connectivity index (χ1n) is 6.39. The van der Waals surface area contributed by atoms with Gasteiger partial charge in [-0.2, -0.15) is 0 Å². The maximum Gasteiger partial charge on any atom is 0.119 e. The quantitative estimate of drug-likeness (QED) is 0.783. The molecule has 0 atom stereocenters. The summed E-state index contributed by atoms with van der Waals surface area (Å²) in [6, 6.07) is 16.3. The Bertz CT molecular complexity index is 473. The lowest BCUT2D eigenvalue weighted by atomic mass is 10.0. The van der Waals surface area contributed by atoms with E-state index in [1.54, 1.807) is 14.2 Å². The van der Waals surface area contributed by atoms with E-state index in [2.05, 4.69) is 30.7 Å². The van der Waals surface area contributed by atoms with Gasteiger partial charge in [-0.3, -0.25) is 0 Å². The summed E-state index contributed by atoms with van der Waals surface area (Å²) in [6.45, 7) is 0. The normalized spacial score (nSPS) is 10.2. The van der Waals surface area contributed by atoms with E-state index in [9.17, 15) is 0 Å². The van der Waals surface area contributed by atoms with Crippen molar-refractivity contribution in [1.29, 1.82) is 0 Å². The Labute approximate surface area is 115 Å². The maximum absolute atomic E-state index is 5.22. The molecule has 0 aliphatic heterocycles. The summed E-state index contributed by atoms with van der Waals surface area (Å²) < 4.78 is 10.4. The zero-order valence-corrected chi connectivity index (χ0v) is 11.4. The molecule has 2 aromatic rings. The van der Waals surface area contributed by atoms with Gasteiger partial charge in [0.05, 0.1) is 14.2 Å². The molecule has 2 aromatic carbocycles. The Morgan fingerprint density at radius 3 is 1.68 bits per heavy atom. The van der Waals surface area contributed by atoms with Crippen molar-refractivity contribution in [2.24, 2.45) is 0 Å². The fourth-order valence-corrected chi connectivity index (χ4v) is 2.00. The molecular weight excluding hydrogens is 236 g/mol. The predicted molar refractivity (Wildman–Crippen MR) is 77.7 cm³/mol. The first-order chi connectivity index (χ1) is 9.31. The van der Waals surface area contributed by atoms with Crippen molar-refractivity contribution in [3.8, 4) is 11.5 Å². The second-order valence-corrected chi connectivity index (χ2v) is 4.40. The molecule has 0 bridgehead atoms. The molecule has 1 radical (unpaired) electrons. The van der Waals surface area contributed by atoms with Gasteiger partial charge in [0.1, 0.15) is 11.5 Å². The maximum atomic E-state index is 5.22. The van der Waals surface area contributed by atoms with Crippen LogP contribution in [0.5, 0.6) is 11.5 Å². The van der Waals surface area contributed by atoms with Crippen LogP contribution in [-0.4, -0.2) is 14.2 Å². The summed E-state index contributed by atoms with van der Waals surface area (Å²) in [5.74, 6) is 1.82. The van der Waals surface area contributed by atoms with Crippen molar-refractivity contribution in [1.82, 2.24) is 0 Å². The van der Waals surface area contributed by atoms with E-state index in [-0.39, 0.29) is 0 Å². The summed E-state index contributed by atoms with van der Waals surface area (Å²) in [4.78, 5) is 0. The zero-order valence-electron chi connectivity index (χ0n) is 11.4. The molecule has 19 heavy (non-hydrogen) atoms. The average Bonchev–Trinajstić information content (AvgIpc) is 2.48. The molecular formula is C17H19O2. The van der Waals surface area contributed by atoms with Crippen LogP contribution in [0.25, 0.3) is 0 Å². The molecule has 2 heteroatoms. The van der Waals surface area contributed by atoms with Gasteiger partial charge in [-0.25, -0.2) is 0 Å². The van der Waals surface area contributed by atoms with Crippen LogP contribution in [0.3, 0.4) is 0 Å². The average molecular weight is 255 g/mol. The molecule has 0 unspecified atom stereocenters. The largest absolute Gasteiger partial charge is 0.497 e. The van der Waals surface area contributed by atoms with E-state index in [4.69, 9.17) is 9.47 Å². The molecule has 0 aliphatic rings. The summed E-state index contributed by atoms with van der Waals surface area (Å²) >= 11 is 0. The highest BCUT2D eigenvalue weighted by Gasteiger charge is 1.99. The highest BCUT2D eigenvalue weighted by Crippen LogP contribution is 2.16. The second kappa shape index (κ2) is 6.83. The third-order valence-corrected chi connectivity index (χ3v) is 3.03. The van der Waals surface area contributed by atoms with Gasteiger partial charge >= 0.3 is 0 Å². The monoisotopic (exact) mass is 255 g/mol. The highest BCUT2D eigenvalue weighted by molar-refractivity contribution is 5.31. The number of hydrogen-bond donors (Lipinski definition) is 0. The van der Waals surface area contributed by atoms with E-state index in [1.165, 1.54) is 11.1 Å². The van der Waals surface area contributed by atoms with Gasteiger partial charge in [-0.1, -0.05) is 24.3 Å². The number of benzene rings is 2. The first-order valence-corrected chi connectivity index (χ1v) is 6.39. The minimum absolute atomic E-state index is 0.910. The highest BCUT2D eigenvalue weighted by atomic mass is 16.5. The lowest BCUT2D eigenvalue weighted by Gasteiger charge is -2.06. The van der Waals surface area contributed by atoms with E-state index >= 15 is 0 Å². The molecule has 0 N–H and O–H groups in total. The topological polar surface area (TPSA) is 18.5 Å². The molecule has 99 valence electrons. The predicted octanol–water partition coefficient (Wildman–Crippen LogP) is 3.69. The molecule has 2 rings (SSSR count). The van der Waals surface area contributed by atoms with Gasteiger partial charge in [0.15, 0.2) is 0 Å². The van der Waals surface area contributed by atoms with E-state index in [1.807, 2.05) is 24.3 Å². The fourth-order valence-electron chi connectivity index (χ4n) is 2.00.